The number of aromatic nitrogens is 2. The quantitative estimate of drug-likeness (QED) is 0.507. The van der Waals surface area contributed by atoms with Gasteiger partial charge in [-0.25, -0.2) is 0 Å². The fourth-order valence-electron chi connectivity index (χ4n) is 3.11. The second-order valence-corrected chi connectivity index (χ2v) is 6.17. The Bertz CT molecular complexity index is 579. The van der Waals surface area contributed by atoms with Gasteiger partial charge >= 0.3 is 0 Å². The number of carbonyl (C=O) groups is 1. The van der Waals surface area contributed by atoms with Crippen LogP contribution in [0.25, 0.3) is 0 Å². The van der Waals surface area contributed by atoms with E-state index in [4.69, 9.17) is 4.52 Å². The molecule has 1 aliphatic rings. The Morgan fingerprint density at radius 2 is 1.96 bits per heavy atom. The molecule has 0 atom stereocenters. The summed E-state index contributed by atoms with van der Waals surface area (Å²) in [5, 5.41) is 7.27. The van der Waals surface area contributed by atoms with Gasteiger partial charge in [-0.2, -0.15) is 4.98 Å². The minimum absolute atomic E-state index is 0.0952. The first-order valence-corrected chi connectivity index (χ1v) is 8.56. The topological polar surface area (TPSA) is 68.0 Å². The van der Waals surface area contributed by atoms with Crippen molar-refractivity contribution in [3.05, 3.63) is 35.5 Å². The average Bonchev–Trinajstić information content (AvgIpc) is 2.85. The van der Waals surface area contributed by atoms with E-state index in [0.29, 0.717) is 11.7 Å². The molecule has 0 radical (unpaired) electrons. The molecule has 0 bridgehead atoms. The van der Waals surface area contributed by atoms with Crippen molar-refractivity contribution in [1.29, 1.82) is 0 Å². The maximum atomic E-state index is 12.4. The van der Waals surface area contributed by atoms with Gasteiger partial charge in [0.05, 0.1) is 0 Å². The smallest absolute Gasteiger partial charge is 0.244 e. The molecule has 1 aromatic rings. The van der Waals surface area contributed by atoms with Gasteiger partial charge in [0.1, 0.15) is 5.54 Å². The van der Waals surface area contributed by atoms with Crippen LogP contribution in [-0.4, -0.2) is 16.0 Å². The molecular weight excluding hydrogens is 290 g/mol. The Hall–Kier alpha value is -1.91. The lowest BCUT2D eigenvalue weighted by Gasteiger charge is -2.30. The van der Waals surface area contributed by atoms with Gasteiger partial charge in [0, 0.05) is 13.0 Å². The second kappa shape index (κ2) is 8.09. The highest BCUT2D eigenvalue weighted by atomic mass is 16.5. The number of allylic oxidation sites excluding steroid dienone is 3. The van der Waals surface area contributed by atoms with E-state index in [9.17, 15) is 4.79 Å². The van der Waals surface area contributed by atoms with Crippen LogP contribution in [0.1, 0.15) is 70.5 Å². The molecule has 1 fully saturated rings. The third-order valence-electron chi connectivity index (χ3n) is 4.50. The number of hydrogen-bond donors (Lipinski definition) is 1. The summed E-state index contributed by atoms with van der Waals surface area (Å²) >= 11 is 0. The number of amides is 1. The van der Waals surface area contributed by atoms with E-state index in [1.54, 1.807) is 13.0 Å². The Morgan fingerprint density at radius 3 is 2.48 bits per heavy atom. The van der Waals surface area contributed by atoms with Crippen LogP contribution in [0, 0.1) is 6.92 Å². The Kier molecular flexibility index (Phi) is 6.13. The highest BCUT2D eigenvalue weighted by Gasteiger charge is 2.38. The SMILES string of the molecule is C/C=C(\C=C\C(=O)NC1(c2noc(C)n2)CCCCCC1)CC. The predicted octanol–water partition coefficient (Wildman–Crippen LogP) is 3.96. The minimum Gasteiger partial charge on any atom is -0.340 e. The molecular formula is C18H27N3O2. The van der Waals surface area contributed by atoms with E-state index < -0.39 is 5.54 Å². The largest absolute Gasteiger partial charge is 0.340 e. The second-order valence-electron chi connectivity index (χ2n) is 6.17. The molecule has 23 heavy (non-hydrogen) atoms. The molecule has 2 rings (SSSR count). The standard InChI is InChI=1S/C18H27N3O2/c1-4-15(5-2)10-11-16(22)20-18(12-8-6-7-9-13-18)17-19-14(3)23-21-17/h4,10-11H,5-9,12-13H2,1-3H3,(H,20,22)/b11-10+,15-4-. The van der Waals surface area contributed by atoms with Gasteiger partial charge in [0.25, 0.3) is 0 Å². The maximum absolute atomic E-state index is 12.4. The van der Waals surface area contributed by atoms with Crippen LogP contribution in [0.4, 0.5) is 0 Å². The van der Waals surface area contributed by atoms with Crippen molar-refractivity contribution in [2.75, 3.05) is 0 Å². The van der Waals surface area contributed by atoms with Crippen LogP contribution in [0.15, 0.2) is 28.3 Å². The van der Waals surface area contributed by atoms with Crippen LogP contribution in [0.5, 0.6) is 0 Å². The summed E-state index contributed by atoms with van der Waals surface area (Å²) < 4.78 is 5.16. The molecule has 1 aliphatic carbocycles. The van der Waals surface area contributed by atoms with Gasteiger partial charge in [0.2, 0.25) is 11.8 Å². The average molecular weight is 317 g/mol. The lowest BCUT2D eigenvalue weighted by Crippen LogP contribution is -2.45. The van der Waals surface area contributed by atoms with E-state index in [1.165, 1.54) is 12.8 Å². The normalized spacial score (nSPS) is 18.8. The third kappa shape index (κ3) is 4.53. The summed E-state index contributed by atoms with van der Waals surface area (Å²) in [5.74, 6) is 1.05. The number of hydrogen-bond acceptors (Lipinski definition) is 4. The highest BCUT2D eigenvalue weighted by Crippen LogP contribution is 2.34. The van der Waals surface area contributed by atoms with Crippen LogP contribution in [0.3, 0.4) is 0 Å². The van der Waals surface area contributed by atoms with Gasteiger partial charge in [-0.05, 0) is 26.2 Å². The molecule has 1 aromatic heterocycles. The van der Waals surface area contributed by atoms with E-state index in [-0.39, 0.29) is 5.91 Å². The third-order valence-corrected chi connectivity index (χ3v) is 4.50. The lowest BCUT2D eigenvalue weighted by atomic mass is 9.89. The molecule has 0 aliphatic heterocycles. The van der Waals surface area contributed by atoms with E-state index in [1.807, 2.05) is 19.1 Å². The first-order chi connectivity index (χ1) is 11.1. The van der Waals surface area contributed by atoms with Crippen LogP contribution >= 0.6 is 0 Å². The van der Waals surface area contributed by atoms with Crippen LogP contribution in [-0.2, 0) is 10.3 Å². The first-order valence-electron chi connectivity index (χ1n) is 8.56. The molecule has 5 heteroatoms. The fraction of sp³-hybridized carbons (Fsp3) is 0.611. The first kappa shape index (κ1) is 17.4. The van der Waals surface area contributed by atoms with E-state index >= 15 is 0 Å². The maximum Gasteiger partial charge on any atom is 0.244 e. The molecule has 5 nitrogen and oxygen atoms in total. The van der Waals surface area contributed by atoms with Gasteiger partial charge in [-0.3, -0.25) is 4.79 Å². The number of carbonyl (C=O) groups excluding carboxylic acids is 1. The van der Waals surface area contributed by atoms with Crippen molar-refractivity contribution in [2.45, 2.75) is 71.3 Å². The number of aryl methyl sites for hydroxylation is 1. The lowest BCUT2D eigenvalue weighted by molar-refractivity contribution is -0.118. The summed E-state index contributed by atoms with van der Waals surface area (Å²) in [6.45, 7) is 5.84. The van der Waals surface area contributed by atoms with Crippen molar-refractivity contribution >= 4 is 5.91 Å². The summed E-state index contributed by atoms with van der Waals surface area (Å²) in [6, 6.07) is 0. The zero-order valence-electron chi connectivity index (χ0n) is 14.4. The van der Waals surface area contributed by atoms with Gasteiger partial charge in [-0.15, -0.1) is 0 Å². The summed E-state index contributed by atoms with van der Waals surface area (Å²) in [4.78, 5) is 16.8. The molecule has 126 valence electrons. The van der Waals surface area contributed by atoms with Gasteiger partial charge < -0.3 is 9.84 Å². The molecule has 0 saturated heterocycles. The summed E-state index contributed by atoms with van der Waals surface area (Å²) in [5.41, 5.74) is 0.642. The van der Waals surface area contributed by atoms with E-state index in [2.05, 4.69) is 22.4 Å². The Labute approximate surface area is 138 Å². The number of nitrogens with zero attached hydrogens (tertiary/aromatic N) is 2. The monoisotopic (exact) mass is 317 g/mol. The molecule has 1 N–H and O–H groups in total. The van der Waals surface area contributed by atoms with Crippen LogP contribution in [0.2, 0.25) is 0 Å². The van der Waals surface area contributed by atoms with Crippen molar-refractivity contribution in [3.63, 3.8) is 0 Å². The minimum atomic E-state index is -0.502. The van der Waals surface area contributed by atoms with Crippen molar-refractivity contribution in [3.8, 4) is 0 Å². The number of rotatable bonds is 5. The van der Waals surface area contributed by atoms with Crippen molar-refractivity contribution in [1.82, 2.24) is 15.5 Å². The molecule has 0 spiro atoms. The number of nitrogens with one attached hydrogen (secondary N) is 1. The van der Waals surface area contributed by atoms with Crippen molar-refractivity contribution in [2.24, 2.45) is 0 Å². The Morgan fingerprint density at radius 1 is 1.26 bits per heavy atom. The van der Waals surface area contributed by atoms with Gasteiger partial charge in [0.15, 0.2) is 5.82 Å². The highest BCUT2D eigenvalue weighted by molar-refractivity contribution is 5.88. The zero-order valence-corrected chi connectivity index (χ0v) is 14.4. The Balaban J connectivity index is 2.19. The fourth-order valence-corrected chi connectivity index (χ4v) is 3.11. The van der Waals surface area contributed by atoms with Crippen molar-refractivity contribution < 1.29 is 9.32 Å². The predicted molar refractivity (Wildman–Crippen MR) is 89.7 cm³/mol. The molecule has 1 saturated carbocycles. The molecule has 1 amide bonds. The summed E-state index contributed by atoms with van der Waals surface area (Å²) in [7, 11) is 0. The zero-order chi connectivity index (χ0) is 16.7. The summed E-state index contributed by atoms with van der Waals surface area (Å²) in [6.07, 6.45) is 12.6. The molecule has 0 aromatic carbocycles. The molecule has 0 unspecified atom stereocenters. The van der Waals surface area contributed by atoms with Crippen LogP contribution < -0.4 is 5.32 Å². The molecule has 1 heterocycles. The van der Waals surface area contributed by atoms with E-state index in [0.717, 1.165) is 37.7 Å². The van der Waals surface area contributed by atoms with Gasteiger partial charge in [-0.1, -0.05) is 55.5 Å².